The molecule has 138 valence electrons. The molecular weight excluding hydrogens is 338 g/mol. The van der Waals surface area contributed by atoms with E-state index in [4.69, 9.17) is 9.47 Å². The van der Waals surface area contributed by atoms with Gasteiger partial charge in [-0.2, -0.15) is 0 Å². The van der Waals surface area contributed by atoms with Gasteiger partial charge in [0.15, 0.2) is 6.61 Å². The molecule has 2 rings (SSSR count). The predicted molar refractivity (Wildman–Crippen MR) is 94.7 cm³/mol. The Bertz CT molecular complexity index is 778. The van der Waals surface area contributed by atoms with E-state index in [-0.39, 0.29) is 5.69 Å². The summed E-state index contributed by atoms with van der Waals surface area (Å²) in [6.07, 6.45) is 0.637. The molecule has 1 aromatic heterocycles. The highest BCUT2D eigenvalue weighted by Gasteiger charge is 2.13. The minimum Gasteiger partial charge on any atom is -0.451 e. The number of urea groups is 1. The molecule has 0 atom stereocenters. The number of carbonyl (C=O) groups excluding carboxylic acids is 3. The van der Waals surface area contributed by atoms with E-state index in [0.29, 0.717) is 31.7 Å². The molecule has 0 aliphatic carbocycles. The lowest BCUT2D eigenvalue weighted by atomic mass is 10.2. The summed E-state index contributed by atoms with van der Waals surface area (Å²) < 4.78 is 10.0. The lowest BCUT2D eigenvalue weighted by Gasteiger charge is -2.07. The second-order valence-corrected chi connectivity index (χ2v) is 5.32. The van der Waals surface area contributed by atoms with E-state index >= 15 is 0 Å². The van der Waals surface area contributed by atoms with Gasteiger partial charge in [0.05, 0.1) is 5.52 Å². The van der Waals surface area contributed by atoms with Crippen LogP contribution < -0.4 is 10.6 Å². The van der Waals surface area contributed by atoms with Crippen molar-refractivity contribution < 1.29 is 23.9 Å². The van der Waals surface area contributed by atoms with E-state index in [1.54, 1.807) is 12.1 Å². The lowest BCUT2D eigenvalue weighted by molar-refractivity contribution is -0.123. The number of carbonyl (C=O) groups is 3. The quantitative estimate of drug-likeness (QED) is 0.548. The van der Waals surface area contributed by atoms with E-state index in [0.717, 1.165) is 5.39 Å². The van der Waals surface area contributed by atoms with Crippen LogP contribution in [0.25, 0.3) is 10.9 Å². The molecule has 0 unspecified atom stereocenters. The maximum absolute atomic E-state index is 12.0. The van der Waals surface area contributed by atoms with Crippen LogP contribution in [0, 0.1) is 0 Å². The molecule has 2 N–H and O–H groups in total. The Balaban J connectivity index is 1.73. The van der Waals surface area contributed by atoms with Crippen molar-refractivity contribution in [2.45, 2.75) is 13.3 Å². The summed E-state index contributed by atoms with van der Waals surface area (Å²) >= 11 is 0. The summed E-state index contributed by atoms with van der Waals surface area (Å²) in [4.78, 5) is 39.3. The van der Waals surface area contributed by atoms with Gasteiger partial charge >= 0.3 is 12.0 Å². The molecule has 2 aromatic rings. The van der Waals surface area contributed by atoms with Crippen LogP contribution in [0.2, 0.25) is 0 Å². The number of benzene rings is 1. The molecule has 0 radical (unpaired) electrons. The Morgan fingerprint density at radius 1 is 1.12 bits per heavy atom. The molecule has 26 heavy (non-hydrogen) atoms. The van der Waals surface area contributed by atoms with Crippen LogP contribution in [-0.2, 0) is 14.3 Å². The van der Waals surface area contributed by atoms with Gasteiger partial charge < -0.3 is 14.8 Å². The largest absolute Gasteiger partial charge is 0.451 e. The van der Waals surface area contributed by atoms with Crippen molar-refractivity contribution >= 4 is 28.8 Å². The summed E-state index contributed by atoms with van der Waals surface area (Å²) in [6.45, 7) is 2.83. The number of para-hydroxylation sites is 1. The van der Waals surface area contributed by atoms with Crippen LogP contribution in [0.15, 0.2) is 36.4 Å². The normalized spacial score (nSPS) is 10.3. The van der Waals surface area contributed by atoms with Crippen molar-refractivity contribution in [3.8, 4) is 0 Å². The van der Waals surface area contributed by atoms with Crippen LogP contribution in [-0.4, -0.2) is 49.3 Å². The van der Waals surface area contributed by atoms with E-state index in [1.807, 2.05) is 25.1 Å². The average Bonchev–Trinajstić information content (AvgIpc) is 2.65. The fourth-order valence-electron chi connectivity index (χ4n) is 2.11. The number of rotatable bonds is 8. The molecule has 0 fully saturated rings. The van der Waals surface area contributed by atoms with Crippen LogP contribution >= 0.6 is 0 Å². The average molecular weight is 359 g/mol. The Morgan fingerprint density at radius 2 is 1.92 bits per heavy atom. The summed E-state index contributed by atoms with van der Waals surface area (Å²) in [5.41, 5.74) is 0.745. The number of ether oxygens (including phenoxy) is 2. The van der Waals surface area contributed by atoms with E-state index in [2.05, 4.69) is 15.6 Å². The second kappa shape index (κ2) is 10.1. The number of pyridine rings is 1. The minimum atomic E-state index is -0.733. The SMILES string of the molecule is CCOCCCNC(=O)NC(=O)COC(=O)c1ccc2ccccc2n1. The molecule has 0 spiro atoms. The maximum Gasteiger partial charge on any atom is 0.357 e. The molecule has 0 saturated carbocycles. The molecule has 8 nitrogen and oxygen atoms in total. The zero-order valence-electron chi connectivity index (χ0n) is 14.5. The summed E-state index contributed by atoms with van der Waals surface area (Å²) in [7, 11) is 0. The number of aromatic nitrogens is 1. The standard InChI is InChI=1S/C18H21N3O5/c1-2-25-11-5-10-19-18(24)21-16(22)12-26-17(23)15-9-8-13-6-3-4-7-14(13)20-15/h3-4,6-9H,2,5,10-12H2,1H3,(H2,19,21,22,24). The van der Waals surface area contributed by atoms with Crippen molar-refractivity contribution in [3.63, 3.8) is 0 Å². The van der Waals surface area contributed by atoms with Gasteiger partial charge in [0.25, 0.3) is 5.91 Å². The predicted octanol–water partition coefficient (Wildman–Crippen LogP) is 1.64. The van der Waals surface area contributed by atoms with Crippen molar-refractivity contribution in [3.05, 3.63) is 42.1 Å². The number of imide groups is 1. The molecular formula is C18H21N3O5. The van der Waals surface area contributed by atoms with E-state index < -0.39 is 24.5 Å². The number of amides is 3. The van der Waals surface area contributed by atoms with Crippen molar-refractivity contribution in [2.24, 2.45) is 0 Å². The van der Waals surface area contributed by atoms with E-state index in [1.165, 1.54) is 6.07 Å². The summed E-state index contributed by atoms with van der Waals surface area (Å²) in [5, 5.41) is 5.48. The first-order valence-electron chi connectivity index (χ1n) is 8.28. The van der Waals surface area contributed by atoms with Gasteiger partial charge in [-0.3, -0.25) is 10.1 Å². The van der Waals surface area contributed by atoms with Crippen LogP contribution in [0.1, 0.15) is 23.8 Å². The number of fused-ring (bicyclic) bond motifs is 1. The van der Waals surface area contributed by atoms with Crippen LogP contribution in [0.3, 0.4) is 0 Å². The fourth-order valence-corrected chi connectivity index (χ4v) is 2.11. The fraction of sp³-hybridized carbons (Fsp3) is 0.333. The second-order valence-electron chi connectivity index (χ2n) is 5.32. The zero-order chi connectivity index (χ0) is 18.8. The maximum atomic E-state index is 12.0. The molecule has 8 heteroatoms. The highest BCUT2D eigenvalue weighted by Crippen LogP contribution is 2.12. The van der Waals surface area contributed by atoms with Crippen molar-refractivity contribution in [2.75, 3.05) is 26.4 Å². The lowest BCUT2D eigenvalue weighted by Crippen LogP contribution is -2.42. The summed E-state index contributed by atoms with van der Waals surface area (Å²) in [5.74, 6) is -1.45. The Hall–Kier alpha value is -3.00. The van der Waals surface area contributed by atoms with E-state index in [9.17, 15) is 14.4 Å². The molecule has 0 aliphatic rings. The first-order valence-corrected chi connectivity index (χ1v) is 8.28. The first kappa shape index (κ1) is 19.3. The Kier molecular flexibility index (Phi) is 7.50. The number of nitrogens with zero attached hydrogens (tertiary/aromatic N) is 1. The third kappa shape index (κ3) is 6.14. The summed E-state index contributed by atoms with van der Waals surface area (Å²) in [6, 6.07) is 9.94. The molecule has 0 aliphatic heterocycles. The first-order chi connectivity index (χ1) is 12.6. The zero-order valence-corrected chi connectivity index (χ0v) is 14.5. The van der Waals surface area contributed by atoms with Crippen LogP contribution in [0.4, 0.5) is 4.79 Å². The number of hydrogen-bond donors (Lipinski definition) is 2. The van der Waals surface area contributed by atoms with Gasteiger partial charge in [0.1, 0.15) is 5.69 Å². The van der Waals surface area contributed by atoms with Gasteiger partial charge in [-0.15, -0.1) is 0 Å². The Morgan fingerprint density at radius 3 is 2.73 bits per heavy atom. The van der Waals surface area contributed by atoms with Gasteiger partial charge in [-0.05, 0) is 25.5 Å². The minimum absolute atomic E-state index is 0.0943. The van der Waals surface area contributed by atoms with Gasteiger partial charge in [0.2, 0.25) is 0 Å². The van der Waals surface area contributed by atoms with Crippen LogP contribution in [0.5, 0.6) is 0 Å². The monoisotopic (exact) mass is 359 g/mol. The van der Waals surface area contributed by atoms with Gasteiger partial charge in [0, 0.05) is 25.1 Å². The molecule has 1 heterocycles. The molecule has 0 saturated heterocycles. The number of hydrogen-bond acceptors (Lipinski definition) is 6. The topological polar surface area (TPSA) is 107 Å². The molecule has 3 amide bonds. The highest BCUT2D eigenvalue weighted by molar-refractivity contribution is 5.97. The molecule has 1 aromatic carbocycles. The smallest absolute Gasteiger partial charge is 0.357 e. The molecule has 0 bridgehead atoms. The van der Waals surface area contributed by atoms with Crippen molar-refractivity contribution in [1.29, 1.82) is 0 Å². The van der Waals surface area contributed by atoms with Crippen molar-refractivity contribution in [1.82, 2.24) is 15.6 Å². The number of nitrogens with one attached hydrogen (secondary N) is 2. The number of esters is 1. The third-order valence-corrected chi connectivity index (χ3v) is 3.35. The third-order valence-electron chi connectivity index (χ3n) is 3.35. The van der Waals surface area contributed by atoms with Gasteiger partial charge in [-0.1, -0.05) is 24.3 Å². The highest BCUT2D eigenvalue weighted by atomic mass is 16.5. The van der Waals surface area contributed by atoms with Gasteiger partial charge in [-0.25, -0.2) is 14.6 Å². The Labute approximate surface area is 150 Å².